The summed E-state index contributed by atoms with van der Waals surface area (Å²) in [6.45, 7) is 4.58. The summed E-state index contributed by atoms with van der Waals surface area (Å²) in [4.78, 5) is 20.6. The van der Waals surface area contributed by atoms with Crippen molar-refractivity contribution in [3.05, 3.63) is 21.9 Å². The maximum atomic E-state index is 11.1. The number of rotatable bonds is 5. The highest BCUT2D eigenvalue weighted by Crippen LogP contribution is 2.20. The molecule has 0 aliphatic heterocycles. The van der Waals surface area contributed by atoms with Crippen molar-refractivity contribution in [1.29, 1.82) is 0 Å². The van der Waals surface area contributed by atoms with Gasteiger partial charge in [0, 0.05) is 5.57 Å². The van der Waals surface area contributed by atoms with Crippen LogP contribution in [0.15, 0.2) is 11.8 Å². The van der Waals surface area contributed by atoms with Crippen LogP contribution in [0.25, 0.3) is 0 Å². The second-order valence-electron chi connectivity index (χ2n) is 3.35. The van der Waals surface area contributed by atoms with Crippen LogP contribution >= 0.6 is 0 Å². The van der Waals surface area contributed by atoms with Gasteiger partial charge in [-0.2, -0.15) is 0 Å². The second-order valence-corrected chi connectivity index (χ2v) is 3.35. The predicted octanol–water partition coefficient (Wildman–Crippen LogP) is 0.871. The van der Waals surface area contributed by atoms with E-state index in [-0.39, 0.29) is 18.6 Å². The molecule has 0 aliphatic carbocycles. The minimum atomic E-state index is -1.54. The third kappa shape index (κ3) is 5.11. The van der Waals surface area contributed by atoms with Gasteiger partial charge in [0.05, 0.1) is 23.6 Å². The predicted molar refractivity (Wildman–Crippen MR) is 52.6 cm³/mol. The topological polar surface area (TPSA) is 89.7 Å². The number of carbonyl (C=O) groups is 1. The largest absolute Gasteiger partial charge is 0.466 e. The molecule has 0 amide bonds. The highest BCUT2D eigenvalue weighted by Gasteiger charge is 2.29. The van der Waals surface area contributed by atoms with E-state index >= 15 is 0 Å². The standard InChI is InChI=1S/C9H15NO5/c1-4-15-8(11)5-9(3,12)7(2)6-10(13)14/h6,12H,4-5H2,1-3H3/b7-6+. The van der Waals surface area contributed by atoms with Crippen LogP contribution in [0.1, 0.15) is 27.2 Å². The molecule has 1 N–H and O–H groups in total. The van der Waals surface area contributed by atoms with Gasteiger partial charge >= 0.3 is 5.97 Å². The lowest BCUT2D eigenvalue weighted by atomic mass is 9.94. The van der Waals surface area contributed by atoms with E-state index in [2.05, 4.69) is 4.74 Å². The molecule has 0 aromatic rings. The van der Waals surface area contributed by atoms with E-state index in [0.29, 0.717) is 6.20 Å². The van der Waals surface area contributed by atoms with Crippen LogP contribution in [0.3, 0.4) is 0 Å². The summed E-state index contributed by atoms with van der Waals surface area (Å²) in [5.74, 6) is -0.585. The molecule has 6 heteroatoms. The Kier molecular flexibility index (Phi) is 4.93. The molecule has 1 atom stereocenters. The number of nitro groups is 1. The molecular formula is C9H15NO5. The highest BCUT2D eigenvalue weighted by molar-refractivity contribution is 5.71. The first-order valence-corrected chi connectivity index (χ1v) is 4.50. The van der Waals surface area contributed by atoms with Crippen molar-refractivity contribution in [3.8, 4) is 0 Å². The SMILES string of the molecule is CCOC(=O)CC(C)(O)/C(C)=C/[N+](=O)[O-]. The Morgan fingerprint density at radius 2 is 2.20 bits per heavy atom. The van der Waals surface area contributed by atoms with Crippen molar-refractivity contribution in [3.63, 3.8) is 0 Å². The highest BCUT2D eigenvalue weighted by atomic mass is 16.6. The fourth-order valence-corrected chi connectivity index (χ4v) is 0.930. The van der Waals surface area contributed by atoms with Gasteiger partial charge in [-0.25, -0.2) is 0 Å². The minimum absolute atomic E-state index is 0.112. The zero-order chi connectivity index (χ0) is 12.1. The average Bonchev–Trinajstić information content (AvgIpc) is 2.01. The Morgan fingerprint density at radius 3 is 2.60 bits per heavy atom. The molecular weight excluding hydrogens is 202 g/mol. The Hall–Kier alpha value is -1.43. The van der Waals surface area contributed by atoms with Gasteiger partial charge in [-0.3, -0.25) is 14.9 Å². The molecule has 0 radical (unpaired) electrons. The van der Waals surface area contributed by atoms with Crippen LogP contribution in [0.2, 0.25) is 0 Å². The quantitative estimate of drug-likeness (QED) is 0.419. The zero-order valence-electron chi connectivity index (χ0n) is 9.02. The summed E-state index contributed by atoms with van der Waals surface area (Å²) >= 11 is 0. The number of ether oxygens (including phenoxy) is 1. The number of aliphatic hydroxyl groups is 1. The van der Waals surface area contributed by atoms with Crippen LogP contribution in [0.5, 0.6) is 0 Å². The van der Waals surface area contributed by atoms with E-state index in [1.54, 1.807) is 6.92 Å². The van der Waals surface area contributed by atoms with E-state index in [4.69, 9.17) is 0 Å². The number of nitrogens with zero attached hydrogens (tertiary/aromatic N) is 1. The molecule has 1 unspecified atom stereocenters. The van der Waals surface area contributed by atoms with Crippen LogP contribution < -0.4 is 0 Å². The molecule has 0 saturated carbocycles. The number of hydrogen-bond acceptors (Lipinski definition) is 5. The van der Waals surface area contributed by atoms with Crippen molar-refractivity contribution in [2.75, 3.05) is 6.61 Å². The van der Waals surface area contributed by atoms with Crippen LogP contribution in [-0.2, 0) is 9.53 Å². The van der Waals surface area contributed by atoms with E-state index in [9.17, 15) is 20.0 Å². The molecule has 6 nitrogen and oxygen atoms in total. The summed E-state index contributed by atoms with van der Waals surface area (Å²) in [6.07, 6.45) is 0.385. The lowest BCUT2D eigenvalue weighted by molar-refractivity contribution is -0.404. The zero-order valence-corrected chi connectivity index (χ0v) is 9.02. The van der Waals surface area contributed by atoms with Gasteiger partial charge in [0.15, 0.2) is 0 Å². The normalized spacial score (nSPS) is 15.6. The van der Waals surface area contributed by atoms with Crippen LogP contribution in [-0.4, -0.2) is 28.2 Å². The molecule has 0 heterocycles. The average molecular weight is 217 g/mol. The fourth-order valence-electron chi connectivity index (χ4n) is 0.930. The molecule has 0 saturated heterocycles. The van der Waals surface area contributed by atoms with Crippen molar-refractivity contribution < 1.29 is 19.6 Å². The van der Waals surface area contributed by atoms with Crippen molar-refractivity contribution >= 4 is 5.97 Å². The van der Waals surface area contributed by atoms with Crippen molar-refractivity contribution in [2.45, 2.75) is 32.8 Å². The van der Waals surface area contributed by atoms with Crippen molar-refractivity contribution in [2.24, 2.45) is 0 Å². The van der Waals surface area contributed by atoms with Gasteiger partial charge in [0.2, 0.25) is 6.20 Å². The Labute approximate surface area is 87.7 Å². The first-order chi connectivity index (χ1) is 6.79. The van der Waals surface area contributed by atoms with Gasteiger partial charge in [0.25, 0.3) is 0 Å². The monoisotopic (exact) mass is 217 g/mol. The van der Waals surface area contributed by atoms with E-state index in [1.165, 1.54) is 13.8 Å². The first kappa shape index (κ1) is 13.6. The maximum Gasteiger partial charge on any atom is 0.309 e. The third-order valence-corrected chi connectivity index (χ3v) is 1.94. The Balaban J connectivity index is 4.54. The second kappa shape index (κ2) is 5.45. The summed E-state index contributed by atoms with van der Waals surface area (Å²) in [5, 5.41) is 19.9. The molecule has 0 aliphatic rings. The summed E-state index contributed by atoms with van der Waals surface area (Å²) < 4.78 is 4.64. The molecule has 0 bridgehead atoms. The first-order valence-electron chi connectivity index (χ1n) is 4.50. The Bertz CT molecular complexity index is 282. The smallest absolute Gasteiger partial charge is 0.309 e. The lowest BCUT2D eigenvalue weighted by Gasteiger charge is -2.21. The lowest BCUT2D eigenvalue weighted by Crippen LogP contribution is -2.30. The number of carbonyl (C=O) groups excluding carboxylic acids is 1. The van der Waals surface area contributed by atoms with Gasteiger partial charge in [-0.05, 0) is 20.8 Å². The molecule has 0 rings (SSSR count). The maximum absolute atomic E-state index is 11.1. The molecule has 86 valence electrons. The van der Waals surface area contributed by atoms with Gasteiger partial charge in [0.1, 0.15) is 0 Å². The third-order valence-electron chi connectivity index (χ3n) is 1.94. The molecule has 0 aromatic carbocycles. The van der Waals surface area contributed by atoms with E-state index in [1.807, 2.05) is 0 Å². The minimum Gasteiger partial charge on any atom is -0.466 e. The van der Waals surface area contributed by atoms with E-state index in [0.717, 1.165) is 0 Å². The molecule has 0 aromatic heterocycles. The van der Waals surface area contributed by atoms with E-state index < -0.39 is 16.5 Å². The van der Waals surface area contributed by atoms with Crippen molar-refractivity contribution in [1.82, 2.24) is 0 Å². The van der Waals surface area contributed by atoms with Gasteiger partial charge in [-0.15, -0.1) is 0 Å². The number of hydrogen-bond donors (Lipinski definition) is 1. The summed E-state index contributed by atoms with van der Waals surface area (Å²) in [7, 11) is 0. The van der Waals surface area contributed by atoms with Crippen LogP contribution in [0.4, 0.5) is 0 Å². The number of esters is 1. The molecule has 0 fully saturated rings. The fraction of sp³-hybridized carbons (Fsp3) is 0.667. The Morgan fingerprint density at radius 1 is 1.67 bits per heavy atom. The summed E-state index contributed by atoms with van der Waals surface area (Å²) in [6, 6.07) is 0. The summed E-state index contributed by atoms with van der Waals surface area (Å²) in [5.41, 5.74) is -1.43. The van der Waals surface area contributed by atoms with Crippen LogP contribution in [0, 0.1) is 10.1 Å². The van der Waals surface area contributed by atoms with Gasteiger partial charge < -0.3 is 9.84 Å². The van der Waals surface area contributed by atoms with Gasteiger partial charge in [-0.1, -0.05) is 0 Å². The molecule has 15 heavy (non-hydrogen) atoms. The molecule has 0 spiro atoms.